The molecule has 3 aromatic heterocycles. The van der Waals surface area contributed by atoms with Crippen molar-refractivity contribution in [2.75, 3.05) is 5.73 Å². The lowest BCUT2D eigenvalue weighted by molar-refractivity contribution is 0.228. The van der Waals surface area contributed by atoms with Crippen LogP contribution in [-0.4, -0.2) is 19.9 Å². The number of ether oxygens (including phenoxy) is 1. The standard InChI is InChI=1S/C23H22FN5O2/c1-4-18-22-13-7-21(23(25)26-10-13)30-12(2)16-8-14(24)5-6-15(16)17-11-29(3)27-19(17)9-20(22)31-28-18/h5-8,10-12H,4,9H2,1-3H3,(H2,25,26)/t12-/m1/s1. The minimum absolute atomic E-state index is 0.267. The first-order valence-electron chi connectivity index (χ1n) is 10.2. The van der Waals surface area contributed by atoms with Crippen LogP contribution in [0.2, 0.25) is 0 Å². The third-order valence-corrected chi connectivity index (χ3v) is 5.62. The summed E-state index contributed by atoms with van der Waals surface area (Å²) in [6.45, 7) is 3.89. The first-order valence-corrected chi connectivity index (χ1v) is 10.2. The minimum atomic E-state index is -0.467. The van der Waals surface area contributed by atoms with Crippen molar-refractivity contribution >= 4 is 5.82 Å². The molecule has 2 N–H and O–H groups in total. The summed E-state index contributed by atoms with van der Waals surface area (Å²) < 4.78 is 27.9. The molecule has 1 aromatic carbocycles. The Morgan fingerprint density at radius 1 is 1.26 bits per heavy atom. The second-order valence-corrected chi connectivity index (χ2v) is 7.72. The molecular formula is C23H22FN5O2. The summed E-state index contributed by atoms with van der Waals surface area (Å²) in [5.41, 5.74) is 11.9. The molecule has 0 amide bonds. The normalized spacial score (nSPS) is 15.2. The van der Waals surface area contributed by atoms with Crippen LogP contribution in [-0.2, 0) is 19.9 Å². The van der Waals surface area contributed by atoms with Crippen molar-refractivity contribution in [2.24, 2.45) is 7.05 Å². The van der Waals surface area contributed by atoms with Gasteiger partial charge in [0.2, 0.25) is 0 Å². The van der Waals surface area contributed by atoms with E-state index < -0.39 is 6.10 Å². The SMILES string of the molecule is CCc1noc2c1-c1cnc(N)c(c1)O[C@H](C)c1cc(F)ccc1-c1cn(C)nc1C2. The van der Waals surface area contributed by atoms with Gasteiger partial charge in [-0.15, -0.1) is 0 Å². The van der Waals surface area contributed by atoms with Gasteiger partial charge >= 0.3 is 0 Å². The van der Waals surface area contributed by atoms with Crippen molar-refractivity contribution < 1.29 is 13.7 Å². The molecule has 2 bridgehead atoms. The summed E-state index contributed by atoms with van der Waals surface area (Å²) in [5, 5.41) is 8.94. The highest BCUT2D eigenvalue weighted by Crippen LogP contribution is 2.39. The molecule has 5 rings (SSSR count). The molecule has 31 heavy (non-hydrogen) atoms. The molecule has 1 atom stereocenters. The van der Waals surface area contributed by atoms with Gasteiger partial charge in [0, 0.05) is 41.7 Å². The molecule has 0 saturated carbocycles. The van der Waals surface area contributed by atoms with Gasteiger partial charge in [-0.2, -0.15) is 5.10 Å². The molecule has 0 spiro atoms. The number of aryl methyl sites for hydroxylation is 2. The molecule has 4 heterocycles. The number of nitrogens with zero attached hydrogens (tertiary/aromatic N) is 4. The van der Waals surface area contributed by atoms with E-state index in [1.807, 2.05) is 33.2 Å². The summed E-state index contributed by atoms with van der Waals surface area (Å²) in [6, 6.07) is 6.53. The monoisotopic (exact) mass is 419 g/mol. The average Bonchev–Trinajstić information content (AvgIpc) is 3.32. The summed E-state index contributed by atoms with van der Waals surface area (Å²) >= 11 is 0. The maximum Gasteiger partial charge on any atom is 0.166 e. The molecule has 1 aliphatic heterocycles. The number of pyridine rings is 1. The fraction of sp³-hybridized carbons (Fsp3) is 0.261. The lowest BCUT2D eigenvalue weighted by Crippen LogP contribution is -2.09. The van der Waals surface area contributed by atoms with E-state index in [9.17, 15) is 4.39 Å². The van der Waals surface area contributed by atoms with Gasteiger partial charge in [-0.1, -0.05) is 18.1 Å². The maximum absolute atomic E-state index is 14.2. The summed E-state index contributed by atoms with van der Waals surface area (Å²) in [6.07, 6.45) is 4.29. The summed E-state index contributed by atoms with van der Waals surface area (Å²) in [5.74, 6) is 1.05. The first kappa shape index (κ1) is 19.3. The number of aromatic nitrogens is 4. The molecule has 7 nitrogen and oxygen atoms in total. The highest BCUT2D eigenvalue weighted by molar-refractivity contribution is 5.74. The smallest absolute Gasteiger partial charge is 0.166 e. The number of nitrogens with two attached hydrogens (primary N) is 1. The molecule has 4 aromatic rings. The Kier molecular flexibility index (Phi) is 4.50. The second-order valence-electron chi connectivity index (χ2n) is 7.72. The topological polar surface area (TPSA) is 92.0 Å². The summed E-state index contributed by atoms with van der Waals surface area (Å²) in [4.78, 5) is 4.33. The van der Waals surface area contributed by atoms with Crippen LogP contribution in [0.25, 0.3) is 22.3 Å². The number of hydrogen-bond donors (Lipinski definition) is 1. The van der Waals surface area contributed by atoms with Crippen molar-refractivity contribution in [2.45, 2.75) is 32.8 Å². The number of anilines is 1. The number of rotatable bonds is 1. The first-order chi connectivity index (χ1) is 14.9. The fourth-order valence-corrected chi connectivity index (χ4v) is 4.15. The number of fused-ring (bicyclic) bond motifs is 7. The zero-order chi connectivity index (χ0) is 21.7. The van der Waals surface area contributed by atoms with Crippen LogP contribution in [0, 0.1) is 5.82 Å². The summed E-state index contributed by atoms with van der Waals surface area (Å²) in [7, 11) is 1.86. The van der Waals surface area contributed by atoms with Crippen LogP contribution in [0.1, 0.15) is 42.7 Å². The van der Waals surface area contributed by atoms with E-state index in [2.05, 4.69) is 15.2 Å². The van der Waals surface area contributed by atoms with Gasteiger partial charge in [0.25, 0.3) is 0 Å². The fourth-order valence-electron chi connectivity index (χ4n) is 4.15. The Balaban J connectivity index is 1.81. The van der Waals surface area contributed by atoms with E-state index in [-0.39, 0.29) is 11.6 Å². The van der Waals surface area contributed by atoms with E-state index >= 15 is 0 Å². The molecule has 0 aliphatic carbocycles. The van der Waals surface area contributed by atoms with E-state index in [4.69, 9.17) is 15.0 Å². The van der Waals surface area contributed by atoms with Crippen molar-refractivity contribution in [1.82, 2.24) is 19.9 Å². The van der Waals surface area contributed by atoms with Crippen LogP contribution in [0.4, 0.5) is 10.2 Å². The molecule has 0 fully saturated rings. The zero-order valence-corrected chi connectivity index (χ0v) is 17.5. The van der Waals surface area contributed by atoms with E-state index in [0.29, 0.717) is 29.9 Å². The Bertz CT molecular complexity index is 1290. The second kappa shape index (κ2) is 7.23. The van der Waals surface area contributed by atoms with Gasteiger partial charge in [-0.05, 0) is 37.1 Å². The third kappa shape index (κ3) is 3.24. The predicted octanol–water partition coefficient (Wildman–Crippen LogP) is 4.47. The van der Waals surface area contributed by atoms with Gasteiger partial charge in [0.1, 0.15) is 11.9 Å². The van der Waals surface area contributed by atoms with Crippen LogP contribution >= 0.6 is 0 Å². The van der Waals surface area contributed by atoms with Crippen molar-refractivity contribution in [3.05, 3.63) is 65.2 Å². The van der Waals surface area contributed by atoms with E-state index in [1.165, 1.54) is 12.1 Å². The van der Waals surface area contributed by atoms with Crippen LogP contribution in [0.3, 0.4) is 0 Å². The Morgan fingerprint density at radius 3 is 2.90 bits per heavy atom. The van der Waals surface area contributed by atoms with E-state index in [1.54, 1.807) is 16.9 Å². The average molecular weight is 419 g/mol. The Hall–Kier alpha value is -3.68. The molecule has 0 radical (unpaired) electrons. The molecule has 0 saturated heterocycles. The highest BCUT2D eigenvalue weighted by atomic mass is 19.1. The van der Waals surface area contributed by atoms with Crippen LogP contribution in [0.5, 0.6) is 5.75 Å². The Morgan fingerprint density at radius 2 is 2.10 bits per heavy atom. The molecular weight excluding hydrogens is 397 g/mol. The van der Waals surface area contributed by atoms with Crippen LogP contribution < -0.4 is 10.5 Å². The number of hydrogen-bond acceptors (Lipinski definition) is 6. The lowest BCUT2D eigenvalue weighted by atomic mass is 9.94. The third-order valence-electron chi connectivity index (χ3n) is 5.62. The predicted molar refractivity (Wildman–Crippen MR) is 114 cm³/mol. The number of benzene rings is 1. The van der Waals surface area contributed by atoms with Gasteiger partial charge in [-0.25, -0.2) is 9.37 Å². The van der Waals surface area contributed by atoms with Gasteiger partial charge in [-0.3, -0.25) is 4.68 Å². The number of halogens is 1. The Labute approximate surface area is 178 Å². The van der Waals surface area contributed by atoms with Crippen LogP contribution in [0.15, 0.2) is 41.2 Å². The molecule has 0 unspecified atom stereocenters. The van der Waals surface area contributed by atoms with Gasteiger partial charge in [0.15, 0.2) is 17.3 Å². The largest absolute Gasteiger partial charge is 0.482 e. The van der Waals surface area contributed by atoms with E-state index in [0.717, 1.165) is 33.6 Å². The van der Waals surface area contributed by atoms with Gasteiger partial charge < -0.3 is 15.0 Å². The van der Waals surface area contributed by atoms with Crippen molar-refractivity contribution in [1.29, 1.82) is 0 Å². The maximum atomic E-state index is 14.2. The molecule has 1 aliphatic rings. The molecule has 158 valence electrons. The highest BCUT2D eigenvalue weighted by Gasteiger charge is 2.25. The zero-order valence-electron chi connectivity index (χ0n) is 17.5. The minimum Gasteiger partial charge on any atom is -0.482 e. The number of nitrogen functional groups attached to an aromatic ring is 1. The lowest BCUT2D eigenvalue weighted by Gasteiger charge is -2.20. The van der Waals surface area contributed by atoms with Crippen molar-refractivity contribution in [3.63, 3.8) is 0 Å². The molecule has 8 heteroatoms. The quantitative estimate of drug-likeness (QED) is 0.490. The van der Waals surface area contributed by atoms with Gasteiger partial charge in [0.05, 0.1) is 17.8 Å². The van der Waals surface area contributed by atoms with Crippen molar-refractivity contribution in [3.8, 4) is 28.0 Å².